The molecular weight excluding hydrogens is 416 g/mol. The van der Waals surface area contributed by atoms with Crippen LogP contribution in [0.2, 0.25) is 0 Å². The number of nitrogens with one attached hydrogen (secondary N) is 2. The maximum atomic E-state index is 13.6. The molecule has 0 radical (unpaired) electrons. The van der Waals surface area contributed by atoms with Crippen LogP contribution in [0.4, 0.5) is 19.6 Å². The van der Waals surface area contributed by atoms with Crippen molar-refractivity contribution in [1.29, 1.82) is 0 Å². The molecule has 0 spiro atoms. The first-order valence-electron chi connectivity index (χ1n) is 7.88. The fourth-order valence-corrected chi connectivity index (χ4v) is 3.65. The number of ether oxygens (including phenoxy) is 1. The van der Waals surface area contributed by atoms with Crippen LogP contribution in [0.3, 0.4) is 0 Å². The first kappa shape index (κ1) is 21.7. The number of hydrogen-bond donors (Lipinski definition) is 2. The quantitative estimate of drug-likeness (QED) is 0.677. The van der Waals surface area contributed by atoms with Gasteiger partial charge in [0.25, 0.3) is 0 Å². The van der Waals surface area contributed by atoms with Crippen LogP contribution in [-0.4, -0.2) is 38.1 Å². The fourth-order valence-electron chi connectivity index (χ4n) is 1.88. The van der Waals surface area contributed by atoms with Gasteiger partial charge in [0.1, 0.15) is 11.6 Å². The van der Waals surface area contributed by atoms with Gasteiger partial charge in [-0.15, -0.1) is 0 Å². The molecule has 0 saturated carbocycles. The van der Waals surface area contributed by atoms with Crippen molar-refractivity contribution < 1.29 is 31.5 Å². The summed E-state index contributed by atoms with van der Waals surface area (Å²) in [6, 6.07) is 3.36. The minimum atomic E-state index is -3.86. The summed E-state index contributed by atoms with van der Waals surface area (Å²) >= 11 is 0.375. The summed E-state index contributed by atoms with van der Waals surface area (Å²) in [5.74, 6) is -4.06. The van der Waals surface area contributed by atoms with Crippen LogP contribution >= 0.6 is 11.3 Å². The van der Waals surface area contributed by atoms with Crippen molar-refractivity contribution in [3.8, 4) is 5.75 Å². The molecule has 2 amide bonds. The molecule has 0 aliphatic rings. The monoisotopic (exact) mass is 433 g/mol. The largest absolute Gasteiger partial charge is 0.491 e. The third kappa shape index (κ3) is 5.70. The number of sulfone groups is 1. The van der Waals surface area contributed by atoms with E-state index in [9.17, 15) is 26.8 Å². The first-order valence-corrected chi connectivity index (χ1v) is 10.6. The van der Waals surface area contributed by atoms with Crippen molar-refractivity contribution in [2.45, 2.75) is 18.1 Å². The van der Waals surface area contributed by atoms with Gasteiger partial charge >= 0.3 is 11.8 Å². The number of carbonyl (C=O) groups excluding carboxylic acids is 2. The molecule has 0 bridgehead atoms. The van der Waals surface area contributed by atoms with Crippen LogP contribution in [0, 0.1) is 17.7 Å². The van der Waals surface area contributed by atoms with Gasteiger partial charge in [0.15, 0.2) is 19.2 Å². The van der Waals surface area contributed by atoms with Crippen molar-refractivity contribution in [1.82, 2.24) is 4.98 Å². The van der Waals surface area contributed by atoms with E-state index in [4.69, 9.17) is 4.74 Å². The molecule has 28 heavy (non-hydrogen) atoms. The highest BCUT2D eigenvalue weighted by atomic mass is 32.2. The molecule has 2 aromatic rings. The molecule has 12 heteroatoms. The van der Waals surface area contributed by atoms with Gasteiger partial charge in [-0.05, 0) is 18.1 Å². The lowest BCUT2D eigenvalue weighted by Crippen LogP contribution is -2.29. The predicted octanol–water partition coefficient (Wildman–Crippen LogP) is 2.44. The Kier molecular flexibility index (Phi) is 6.67. The number of anilines is 2. The van der Waals surface area contributed by atoms with Gasteiger partial charge in [0.05, 0.1) is 12.3 Å². The van der Waals surface area contributed by atoms with E-state index in [1.807, 2.05) is 19.2 Å². The third-order valence-corrected chi connectivity index (χ3v) is 5.83. The SMILES string of the molecule is CC(C)COc1cc(F)ccc1NC(=O)C(=O)Nc1nc(F)c(S(C)(=O)=O)s1. The second-order valence-corrected chi connectivity index (χ2v) is 9.33. The zero-order chi connectivity index (χ0) is 21.1. The molecule has 8 nitrogen and oxygen atoms in total. The second-order valence-electron chi connectivity index (χ2n) is 6.12. The molecule has 0 fully saturated rings. The van der Waals surface area contributed by atoms with Crippen LogP contribution in [0.25, 0.3) is 0 Å². The van der Waals surface area contributed by atoms with Gasteiger partial charge in [-0.2, -0.15) is 9.37 Å². The molecule has 2 rings (SSSR count). The number of rotatable bonds is 6. The standard InChI is InChI=1S/C16H17F2N3O5S2/c1-8(2)7-26-11-6-9(17)4-5-10(11)19-13(22)14(23)21-16-20-12(18)15(27-16)28(3,24)25/h4-6,8H,7H2,1-3H3,(H,19,22)(H,20,21,23). The van der Waals surface area contributed by atoms with E-state index >= 15 is 0 Å². The van der Waals surface area contributed by atoms with E-state index in [1.165, 1.54) is 6.07 Å². The Hall–Kier alpha value is -2.60. The minimum absolute atomic E-state index is 0.0366. The van der Waals surface area contributed by atoms with E-state index in [2.05, 4.69) is 10.3 Å². The summed E-state index contributed by atoms with van der Waals surface area (Å²) in [5, 5.41) is 3.87. The normalized spacial score (nSPS) is 11.4. The van der Waals surface area contributed by atoms with Gasteiger partial charge in [-0.25, -0.2) is 12.8 Å². The Morgan fingerprint density at radius 1 is 1.21 bits per heavy atom. The number of aromatic nitrogens is 1. The van der Waals surface area contributed by atoms with Gasteiger partial charge in [-0.1, -0.05) is 25.2 Å². The predicted molar refractivity (Wildman–Crippen MR) is 99.2 cm³/mol. The lowest BCUT2D eigenvalue weighted by atomic mass is 10.2. The zero-order valence-electron chi connectivity index (χ0n) is 15.1. The van der Waals surface area contributed by atoms with Crippen LogP contribution < -0.4 is 15.4 Å². The van der Waals surface area contributed by atoms with Crippen LogP contribution in [-0.2, 0) is 19.4 Å². The number of carbonyl (C=O) groups is 2. The summed E-state index contributed by atoms with van der Waals surface area (Å²) < 4.78 is 54.5. The number of hydrogen-bond acceptors (Lipinski definition) is 7. The smallest absolute Gasteiger partial charge is 0.315 e. The molecule has 0 saturated heterocycles. The van der Waals surface area contributed by atoms with Gasteiger partial charge in [0, 0.05) is 12.3 Å². The molecule has 0 unspecified atom stereocenters. The van der Waals surface area contributed by atoms with Crippen LogP contribution in [0.1, 0.15) is 13.8 Å². The third-order valence-electron chi connectivity index (χ3n) is 3.09. The molecule has 0 aliphatic heterocycles. The summed E-state index contributed by atoms with van der Waals surface area (Å²) in [6.07, 6.45) is 0.787. The second kappa shape index (κ2) is 8.61. The summed E-state index contributed by atoms with van der Waals surface area (Å²) in [6.45, 7) is 4.01. The Balaban J connectivity index is 2.12. The Labute approximate surface area is 163 Å². The van der Waals surface area contributed by atoms with E-state index in [0.717, 1.165) is 18.4 Å². The number of thiazole rings is 1. The minimum Gasteiger partial charge on any atom is -0.491 e. The molecule has 1 aromatic carbocycles. The molecule has 1 heterocycles. The molecule has 0 atom stereocenters. The van der Waals surface area contributed by atoms with Crippen LogP contribution in [0.5, 0.6) is 5.75 Å². The first-order chi connectivity index (χ1) is 13.0. The average Bonchev–Trinajstić information content (AvgIpc) is 2.95. The Morgan fingerprint density at radius 2 is 1.86 bits per heavy atom. The maximum Gasteiger partial charge on any atom is 0.315 e. The Bertz CT molecular complexity index is 1010. The maximum absolute atomic E-state index is 13.6. The summed E-state index contributed by atoms with van der Waals surface area (Å²) in [4.78, 5) is 27.3. The lowest BCUT2D eigenvalue weighted by molar-refractivity contribution is -0.133. The highest BCUT2D eigenvalue weighted by molar-refractivity contribution is 7.92. The molecule has 2 N–H and O–H groups in total. The number of benzene rings is 1. The van der Waals surface area contributed by atoms with Gasteiger partial charge in [-0.3, -0.25) is 14.9 Å². The number of halogens is 2. The highest BCUT2D eigenvalue weighted by Crippen LogP contribution is 2.27. The zero-order valence-corrected chi connectivity index (χ0v) is 16.7. The summed E-state index contributed by atoms with van der Waals surface area (Å²) in [7, 11) is -3.86. The van der Waals surface area contributed by atoms with Crippen molar-refractivity contribution in [2.24, 2.45) is 5.92 Å². The molecular formula is C16H17F2N3O5S2. The van der Waals surface area contributed by atoms with Crippen molar-refractivity contribution in [3.63, 3.8) is 0 Å². The lowest BCUT2D eigenvalue weighted by Gasteiger charge is -2.13. The van der Waals surface area contributed by atoms with E-state index < -0.39 is 42.8 Å². The van der Waals surface area contributed by atoms with Gasteiger partial charge in [0.2, 0.25) is 5.95 Å². The molecule has 0 aliphatic carbocycles. The average molecular weight is 433 g/mol. The van der Waals surface area contributed by atoms with E-state index in [1.54, 1.807) is 0 Å². The molecule has 1 aromatic heterocycles. The van der Waals surface area contributed by atoms with Crippen LogP contribution in [0.15, 0.2) is 22.4 Å². The topological polar surface area (TPSA) is 114 Å². The fraction of sp³-hybridized carbons (Fsp3) is 0.312. The number of nitrogens with zero attached hydrogens (tertiary/aromatic N) is 1. The van der Waals surface area contributed by atoms with Gasteiger partial charge < -0.3 is 10.1 Å². The van der Waals surface area contributed by atoms with Crippen molar-refractivity contribution >= 4 is 43.8 Å². The molecule has 152 valence electrons. The van der Waals surface area contributed by atoms with E-state index in [0.29, 0.717) is 11.3 Å². The van der Waals surface area contributed by atoms with E-state index in [-0.39, 0.29) is 24.0 Å². The highest BCUT2D eigenvalue weighted by Gasteiger charge is 2.23. The van der Waals surface area contributed by atoms with Crippen molar-refractivity contribution in [2.75, 3.05) is 23.5 Å². The Morgan fingerprint density at radius 3 is 2.43 bits per heavy atom. The van der Waals surface area contributed by atoms with Crippen molar-refractivity contribution in [3.05, 3.63) is 30.0 Å². The summed E-state index contributed by atoms with van der Waals surface area (Å²) in [5.41, 5.74) is 0.0596. The number of amides is 2.